The number of rotatable bonds is 0. The van der Waals surface area contributed by atoms with Crippen LogP contribution in [0.1, 0.15) is 18.1 Å². The minimum atomic E-state index is -0.247. The Morgan fingerprint density at radius 2 is 1.86 bits per heavy atom. The van der Waals surface area contributed by atoms with Crippen molar-refractivity contribution in [1.29, 1.82) is 0 Å². The molecule has 1 aliphatic carbocycles. The number of carbonyl (C=O) groups is 1. The normalized spacial score (nSPS) is 14.5. The van der Waals surface area contributed by atoms with Crippen LogP contribution >= 0.6 is 0 Å². The van der Waals surface area contributed by atoms with Crippen LogP contribution in [0.3, 0.4) is 0 Å². The Morgan fingerprint density at radius 3 is 2.50 bits per heavy atom. The summed E-state index contributed by atoms with van der Waals surface area (Å²) in [7, 11) is 0. The molecule has 3 heteroatoms. The third-order valence-electron chi connectivity index (χ3n) is 2.29. The molecule has 1 aliphatic rings. The summed E-state index contributed by atoms with van der Waals surface area (Å²) in [6.45, 7) is 1.87. The molecule has 0 radical (unpaired) electrons. The minimum Gasteiger partial charge on any atom is -0.361 e. The monoisotopic (exact) mass is 184 g/mol. The van der Waals surface area contributed by atoms with E-state index >= 15 is 0 Å². The van der Waals surface area contributed by atoms with Gasteiger partial charge in [0.15, 0.2) is 0 Å². The lowest BCUT2D eigenvalue weighted by Gasteiger charge is -2.09. The highest BCUT2D eigenvalue weighted by atomic mass is 16.1. The summed E-state index contributed by atoms with van der Waals surface area (Å²) in [5.41, 5.74) is 11.4. The second kappa shape index (κ2) is 3.05. The molecule has 0 bridgehead atoms. The second-order valence-corrected chi connectivity index (χ2v) is 3.19. The number of carbonyl (C=O) groups excluding carboxylic acids is 1. The van der Waals surface area contributed by atoms with E-state index in [1.54, 1.807) is 6.07 Å². The topological polar surface area (TPSA) is 53.5 Å². The van der Waals surface area contributed by atoms with Gasteiger partial charge in [-0.1, -0.05) is 18.2 Å². The van der Waals surface area contributed by atoms with Crippen LogP contribution < -0.4 is 0 Å². The SMILES string of the molecule is CC1=CC(=O)C(=[N+]=[N-])c2ccccc21. The first-order valence-electron chi connectivity index (χ1n) is 4.28. The lowest BCUT2D eigenvalue weighted by Crippen LogP contribution is -2.20. The number of benzene rings is 1. The molecule has 2 rings (SSSR count). The molecule has 0 aromatic heterocycles. The maximum atomic E-state index is 11.4. The maximum absolute atomic E-state index is 11.4. The Balaban J connectivity index is 2.79. The molecular formula is C11H8N2O. The zero-order chi connectivity index (χ0) is 10.1. The van der Waals surface area contributed by atoms with E-state index in [-0.39, 0.29) is 11.5 Å². The summed E-state index contributed by atoms with van der Waals surface area (Å²) in [6.07, 6.45) is 1.48. The molecule has 0 aliphatic heterocycles. The van der Waals surface area contributed by atoms with Crippen molar-refractivity contribution in [2.45, 2.75) is 6.92 Å². The van der Waals surface area contributed by atoms with Crippen LogP contribution in [0.2, 0.25) is 0 Å². The molecule has 0 unspecified atom stereocenters. The maximum Gasteiger partial charge on any atom is 0.369 e. The Hall–Kier alpha value is -1.99. The summed E-state index contributed by atoms with van der Waals surface area (Å²) < 4.78 is 0. The van der Waals surface area contributed by atoms with Crippen LogP contribution in [0.5, 0.6) is 0 Å². The van der Waals surface area contributed by atoms with E-state index in [0.29, 0.717) is 5.56 Å². The van der Waals surface area contributed by atoms with Gasteiger partial charge in [0.1, 0.15) is 0 Å². The van der Waals surface area contributed by atoms with E-state index in [4.69, 9.17) is 5.53 Å². The van der Waals surface area contributed by atoms with Gasteiger partial charge in [-0.2, -0.15) is 4.79 Å². The van der Waals surface area contributed by atoms with Gasteiger partial charge < -0.3 is 5.53 Å². The predicted molar refractivity (Wildman–Crippen MR) is 52.8 cm³/mol. The van der Waals surface area contributed by atoms with Crippen molar-refractivity contribution >= 4 is 17.1 Å². The molecule has 0 fully saturated rings. The number of nitrogens with zero attached hydrogens (tertiary/aromatic N) is 2. The quantitative estimate of drug-likeness (QED) is 0.447. The molecule has 14 heavy (non-hydrogen) atoms. The Morgan fingerprint density at radius 1 is 1.21 bits per heavy atom. The summed E-state index contributed by atoms with van der Waals surface area (Å²) in [5, 5.41) is 0. The zero-order valence-corrected chi connectivity index (χ0v) is 7.69. The molecule has 0 atom stereocenters. The van der Waals surface area contributed by atoms with Gasteiger partial charge in [-0.15, -0.1) is 0 Å². The fourth-order valence-electron chi connectivity index (χ4n) is 1.61. The van der Waals surface area contributed by atoms with Crippen molar-refractivity contribution in [1.82, 2.24) is 0 Å². The zero-order valence-electron chi connectivity index (χ0n) is 7.69. The highest BCUT2D eigenvalue weighted by Gasteiger charge is 2.28. The lowest BCUT2D eigenvalue weighted by molar-refractivity contribution is -0.112. The molecule has 1 aromatic rings. The number of hydrogen-bond donors (Lipinski definition) is 0. The molecule has 0 spiro atoms. The van der Waals surface area contributed by atoms with E-state index in [1.165, 1.54) is 6.08 Å². The van der Waals surface area contributed by atoms with Crippen molar-refractivity contribution in [3.63, 3.8) is 0 Å². The molecule has 68 valence electrons. The van der Waals surface area contributed by atoms with Crippen LogP contribution in [0.4, 0.5) is 0 Å². The van der Waals surface area contributed by atoms with E-state index < -0.39 is 0 Å². The molecule has 0 heterocycles. The smallest absolute Gasteiger partial charge is 0.361 e. The van der Waals surface area contributed by atoms with E-state index in [9.17, 15) is 4.79 Å². The van der Waals surface area contributed by atoms with Gasteiger partial charge in [0, 0.05) is 0 Å². The largest absolute Gasteiger partial charge is 0.369 e. The molecule has 0 saturated heterocycles. The van der Waals surface area contributed by atoms with Gasteiger partial charge in [-0.3, -0.25) is 4.79 Å². The van der Waals surface area contributed by atoms with Gasteiger partial charge >= 0.3 is 5.71 Å². The standard InChI is InChI=1S/C11H8N2O/c1-7-6-10(14)11(13-12)9-5-3-2-4-8(7)9/h2-6H,1H3. The Bertz CT molecular complexity index is 494. The van der Waals surface area contributed by atoms with Crippen molar-refractivity contribution in [2.24, 2.45) is 0 Å². The summed E-state index contributed by atoms with van der Waals surface area (Å²) in [6, 6.07) is 7.38. The van der Waals surface area contributed by atoms with E-state index in [0.717, 1.165) is 11.1 Å². The van der Waals surface area contributed by atoms with E-state index in [1.807, 2.05) is 25.1 Å². The third kappa shape index (κ3) is 1.11. The van der Waals surface area contributed by atoms with Crippen molar-refractivity contribution < 1.29 is 9.58 Å². The van der Waals surface area contributed by atoms with Crippen molar-refractivity contribution in [3.05, 3.63) is 47.0 Å². The molecule has 0 saturated carbocycles. The average molecular weight is 184 g/mol. The lowest BCUT2D eigenvalue weighted by atomic mass is 9.90. The Labute approximate surface area is 81.3 Å². The van der Waals surface area contributed by atoms with Gasteiger partial charge in [0.2, 0.25) is 0 Å². The molecular weight excluding hydrogens is 176 g/mol. The van der Waals surface area contributed by atoms with Gasteiger partial charge in [-0.25, -0.2) is 0 Å². The van der Waals surface area contributed by atoms with Crippen LogP contribution in [0.15, 0.2) is 30.3 Å². The highest BCUT2D eigenvalue weighted by molar-refractivity contribution is 6.50. The number of hydrogen-bond acceptors (Lipinski definition) is 1. The van der Waals surface area contributed by atoms with Gasteiger partial charge in [0.05, 0.1) is 5.56 Å². The predicted octanol–water partition coefficient (Wildman–Crippen LogP) is 1.69. The van der Waals surface area contributed by atoms with Crippen molar-refractivity contribution in [2.75, 3.05) is 0 Å². The molecule has 0 N–H and O–H groups in total. The fourth-order valence-corrected chi connectivity index (χ4v) is 1.61. The van der Waals surface area contributed by atoms with E-state index in [2.05, 4.69) is 4.79 Å². The summed E-state index contributed by atoms with van der Waals surface area (Å²) >= 11 is 0. The molecule has 1 aromatic carbocycles. The van der Waals surface area contributed by atoms with Gasteiger partial charge in [-0.05, 0) is 30.2 Å². The fraction of sp³-hybridized carbons (Fsp3) is 0.0909. The molecule has 0 amide bonds. The van der Waals surface area contributed by atoms with Crippen LogP contribution in [-0.2, 0) is 4.79 Å². The first-order chi connectivity index (χ1) is 6.74. The summed E-state index contributed by atoms with van der Waals surface area (Å²) in [4.78, 5) is 14.5. The Kier molecular flexibility index (Phi) is 1.88. The van der Waals surface area contributed by atoms with Gasteiger partial charge in [0.25, 0.3) is 5.78 Å². The van der Waals surface area contributed by atoms with Crippen LogP contribution in [0, 0.1) is 0 Å². The number of ketones is 1. The molecule has 3 nitrogen and oxygen atoms in total. The first kappa shape index (κ1) is 8.60. The summed E-state index contributed by atoms with van der Waals surface area (Å²) in [5.74, 6) is -0.247. The number of allylic oxidation sites excluding steroid dienone is 2. The first-order valence-corrected chi connectivity index (χ1v) is 4.28. The van der Waals surface area contributed by atoms with Crippen molar-refractivity contribution in [3.8, 4) is 0 Å². The second-order valence-electron chi connectivity index (χ2n) is 3.19. The van der Waals surface area contributed by atoms with Crippen LogP contribution in [-0.4, -0.2) is 16.3 Å². The third-order valence-corrected chi connectivity index (χ3v) is 2.29. The minimum absolute atomic E-state index is 0.117. The number of fused-ring (bicyclic) bond motifs is 1. The average Bonchev–Trinajstić information content (AvgIpc) is 2.18. The highest BCUT2D eigenvalue weighted by Crippen LogP contribution is 2.23. The van der Waals surface area contributed by atoms with Crippen LogP contribution in [0.25, 0.3) is 11.1 Å².